The van der Waals surface area contributed by atoms with E-state index in [1.807, 2.05) is 6.92 Å². The topological polar surface area (TPSA) is 35.8 Å². The molecule has 0 saturated heterocycles. The van der Waals surface area contributed by atoms with Crippen LogP contribution in [0.3, 0.4) is 0 Å². The highest BCUT2D eigenvalue weighted by atomic mass is 35.5. The second-order valence-corrected chi connectivity index (χ2v) is 4.68. The molecule has 0 fully saturated rings. The minimum absolute atomic E-state index is 0.0447. The highest BCUT2D eigenvalue weighted by Crippen LogP contribution is 2.31. The Morgan fingerprint density at radius 2 is 1.94 bits per heavy atom. The third-order valence-electron chi connectivity index (χ3n) is 2.11. The van der Waals surface area contributed by atoms with Crippen molar-refractivity contribution in [3.63, 3.8) is 0 Å². The zero-order valence-corrected chi connectivity index (χ0v) is 11.0. The smallest absolute Gasteiger partial charge is 0.0666 e. The molecule has 1 N–H and O–H groups in total. The largest absolute Gasteiger partial charge is 0.311 e. The summed E-state index contributed by atoms with van der Waals surface area (Å²) in [5.74, 6) is -0.0447. The van der Waals surface area contributed by atoms with E-state index < -0.39 is 0 Å². The molecule has 1 aromatic rings. The minimum Gasteiger partial charge on any atom is -0.311 e. The van der Waals surface area contributed by atoms with Gasteiger partial charge in [-0.15, -0.1) is 0 Å². The summed E-state index contributed by atoms with van der Waals surface area (Å²) in [5.41, 5.74) is 0.765. The summed E-state index contributed by atoms with van der Waals surface area (Å²) in [6.45, 7) is 2.94. The molecule has 0 heterocycles. The third kappa shape index (κ3) is 3.54. The molecule has 16 heavy (non-hydrogen) atoms. The van der Waals surface area contributed by atoms with Crippen LogP contribution in [-0.4, -0.2) is 6.54 Å². The normalized spacial score (nSPS) is 12.2. The monoisotopic (exact) mass is 276 g/mol. The molecule has 1 unspecified atom stereocenters. The van der Waals surface area contributed by atoms with Crippen molar-refractivity contribution in [2.24, 2.45) is 5.92 Å². The molecule has 2 nitrogen and oxygen atoms in total. The summed E-state index contributed by atoms with van der Waals surface area (Å²) in [6.07, 6.45) is 0. The van der Waals surface area contributed by atoms with Crippen LogP contribution < -0.4 is 5.32 Å². The first-order chi connectivity index (χ1) is 7.56. The summed E-state index contributed by atoms with van der Waals surface area (Å²) in [6, 6.07) is 5.51. The Balaban J connectivity index is 2.67. The van der Waals surface area contributed by atoms with Crippen LogP contribution in [0.2, 0.25) is 15.1 Å². The van der Waals surface area contributed by atoms with Gasteiger partial charge in [-0.2, -0.15) is 5.26 Å². The predicted octanol–water partition coefficient (Wildman–Crippen LogP) is 3.90. The van der Waals surface area contributed by atoms with Crippen molar-refractivity contribution in [3.05, 3.63) is 32.8 Å². The molecule has 86 valence electrons. The Morgan fingerprint density at radius 1 is 1.31 bits per heavy atom. The molecule has 0 bridgehead atoms. The molecule has 0 aliphatic rings. The highest BCUT2D eigenvalue weighted by Gasteiger charge is 2.09. The van der Waals surface area contributed by atoms with E-state index in [9.17, 15) is 0 Å². The molecule has 0 aliphatic heterocycles. The molecule has 1 atom stereocenters. The Bertz CT molecular complexity index is 412. The van der Waals surface area contributed by atoms with Crippen LogP contribution in [0.15, 0.2) is 12.1 Å². The molecule has 1 aromatic carbocycles. The molecule has 0 radical (unpaired) electrons. The fraction of sp³-hybridized carbons (Fsp3) is 0.364. The number of nitriles is 1. The Kier molecular flexibility index (Phi) is 5.37. The molecule has 5 heteroatoms. The van der Waals surface area contributed by atoms with E-state index in [-0.39, 0.29) is 5.92 Å². The number of benzene rings is 1. The Hall–Kier alpha value is -0.460. The number of halogens is 3. The zero-order valence-electron chi connectivity index (χ0n) is 8.73. The van der Waals surface area contributed by atoms with Gasteiger partial charge in [-0.25, -0.2) is 0 Å². The Labute approximate surface area is 110 Å². The third-order valence-corrected chi connectivity index (χ3v) is 3.31. The van der Waals surface area contributed by atoms with E-state index in [0.29, 0.717) is 28.2 Å². The van der Waals surface area contributed by atoms with Gasteiger partial charge >= 0.3 is 0 Å². The van der Waals surface area contributed by atoms with Crippen molar-refractivity contribution in [2.45, 2.75) is 13.5 Å². The van der Waals surface area contributed by atoms with E-state index in [0.717, 1.165) is 5.56 Å². The molecule has 0 saturated carbocycles. The van der Waals surface area contributed by atoms with Gasteiger partial charge in [-0.3, -0.25) is 0 Å². The standard InChI is InChI=1S/C11H11Cl3N2/c1-7(4-15)5-16-6-8-9(12)2-3-10(13)11(8)14/h2-3,7,16H,5-6H2,1H3. The van der Waals surface area contributed by atoms with Crippen molar-refractivity contribution >= 4 is 34.8 Å². The van der Waals surface area contributed by atoms with Crippen molar-refractivity contribution < 1.29 is 0 Å². The second-order valence-electron chi connectivity index (χ2n) is 3.48. The molecule has 0 spiro atoms. The summed E-state index contributed by atoms with van der Waals surface area (Å²) in [5, 5.41) is 13.3. The fourth-order valence-electron chi connectivity index (χ4n) is 1.19. The quantitative estimate of drug-likeness (QED) is 0.847. The number of hydrogen-bond donors (Lipinski definition) is 1. The SMILES string of the molecule is CC(C#N)CNCc1c(Cl)ccc(Cl)c1Cl. The van der Waals surface area contributed by atoms with Crippen molar-refractivity contribution in [1.29, 1.82) is 5.26 Å². The van der Waals surface area contributed by atoms with Crippen molar-refractivity contribution in [2.75, 3.05) is 6.54 Å². The first-order valence-corrected chi connectivity index (χ1v) is 5.92. The molecule has 0 amide bonds. The van der Waals surface area contributed by atoms with Crippen molar-refractivity contribution in [1.82, 2.24) is 5.32 Å². The van der Waals surface area contributed by atoms with Gasteiger partial charge in [0, 0.05) is 23.7 Å². The fourth-order valence-corrected chi connectivity index (χ4v) is 1.87. The molecular weight excluding hydrogens is 266 g/mol. The van der Waals surface area contributed by atoms with Gasteiger partial charge in [0.05, 0.1) is 22.0 Å². The van der Waals surface area contributed by atoms with Gasteiger partial charge < -0.3 is 5.32 Å². The van der Waals surface area contributed by atoms with E-state index in [2.05, 4.69) is 11.4 Å². The van der Waals surface area contributed by atoms with Crippen LogP contribution in [-0.2, 0) is 6.54 Å². The summed E-state index contributed by atoms with van der Waals surface area (Å²) in [4.78, 5) is 0. The van der Waals surface area contributed by atoms with Crippen LogP contribution in [0, 0.1) is 17.2 Å². The van der Waals surface area contributed by atoms with Crippen LogP contribution >= 0.6 is 34.8 Å². The summed E-state index contributed by atoms with van der Waals surface area (Å²) in [7, 11) is 0. The Morgan fingerprint density at radius 3 is 2.56 bits per heavy atom. The van der Waals surface area contributed by atoms with Gasteiger partial charge in [0.2, 0.25) is 0 Å². The molecule has 0 aliphatic carbocycles. The van der Waals surface area contributed by atoms with Crippen LogP contribution in [0.1, 0.15) is 12.5 Å². The van der Waals surface area contributed by atoms with Gasteiger partial charge in [-0.05, 0) is 19.1 Å². The van der Waals surface area contributed by atoms with Gasteiger partial charge in [0.15, 0.2) is 0 Å². The molecular formula is C11H11Cl3N2. The predicted molar refractivity (Wildman–Crippen MR) is 68.0 cm³/mol. The van der Waals surface area contributed by atoms with Gasteiger partial charge in [-0.1, -0.05) is 34.8 Å². The van der Waals surface area contributed by atoms with E-state index in [1.54, 1.807) is 12.1 Å². The van der Waals surface area contributed by atoms with Crippen LogP contribution in [0.4, 0.5) is 0 Å². The van der Waals surface area contributed by atoms with E-state index in [4.69, 9.17) is 40.1 Å². The van der Waals surface area contributed by atoms with Gasteiger partial charge in [0.1, 0.15) is 0 Å². The lowest BCUT2D eigenvalue weighted by molar-refractivity contribution is 0.602. The number of hydrogen-bond acceptors (Lipinski definition) is 2. The average molecular weight is 278 g/mol. The first-order valence-electron chi connectivity index (χ1n) is 4.79. The lowest BCUT2D eigenvalue weighted by Gasteiger charge is -2.10. The van der Waals surface area contributed by atoms with Gasteiger partial charge in [0.25, 0.3) is 0 Å². The zero-order chi connectivity index (χ0) is 12.1. The minimum atomic E-state index is -0.0447. The van der Waals surface area contributed by atoms with E-state index in [1.165, 1.54) is 0 Å². The lowest BCUT2D eigenvalue weighted by atomic mass is 10.2. The second kappa shape index (κ2) is 6.32. The van der Waals surface area contributed by atoms with Crippen molar-refractivity contribution in [3.8, 4) is 6.07 Å². The maximum Gasteiger partial charge on any atom is 0.0666 e. The lowest BCUT2D eigenvalue weighted by Crippen LogP contribution is -2.20. The van der Waals surface area contributed by atoms with Crippen LogP contribution in [0.25, 0.3) is 0 Å². The number of rotatable bonds is 4. The molecule has 1 rings (SSSR count). The highest BCUT2D eigenvalue weighted by molar-refractivity contribution is 6.44. The maximum atomic E-state index is 8.62. The average Bonchev–Trinajstić information content (AvgIpc) is 2.28. The molecule has 0 aromatic heterocycles. The van der Waals surface area contributed by atoms with E-state index >= 15 is 0 Å². The first kappa shape index (κ1) is 13.6. The summed E-state index contributed by atoms with van der Waals surface area (Å²) < 4.78 is 0. The maximum absolute atomic E-state index is 8.62. The summed E-state index contributed by atoms with van der Waals surface area (Å²) >= 11 is 17.9. The van der Waals surface area contributed by atoms with Crippen LogP contribution in [0.5, 0.6) is 0 Å². The number of nitrogens with zero attached hydrogens (tertiary/aromatic N) is 1. The number of nitrogens with one attached hydrogen (secondary N) is 1.